The Balaban J connectivity index is 3.12. The van der Waals surface area contributed by atoms with Crippen LogP contribution in [0.5, 0.6) is 0 Å². The molecule has 0 atom stereocenters. The highest BCUT2D eigenvalue weighted by Crippen LogP contribution is 2.38. The second-order valence-electron chi connectivity index (χ2n) is 7.20. The van der Waals surface area contributed by atoms with E-state index in [0.29, 0.717) is 6.54 Å². The maximum absolute atomic E-state index is 10.9. The summed E-state index contributed by atoms with van der Waals surface area (Å²) in [6.45, 7) is 2.76. The Labute approximate surface area is 150 Å². The van der Waals surface area contributed by atoms with Crippen molar-refractivity contribution in [1.29, 1.82) is 0 Å². The fraction of sp³-hybridized carbons (Fsp3) is 1.00. The van der Waals surface area contributed by atoms with Crippen molar-refractivity contribution in [2.75, 3.05) is 13.6 Å². The summed E-state index contributed by atoms with van der Waals surface area (Å²) in [5.41, 5.74) is 0. The van der Waals surface area contributed by atoms with Gasteiger partial charge in [-0.05, 0) is 13.5 Å². The molecule has 2 N–H and O–H groups in total. The van der Waals surface area contributed by atoms with Gasteiger partial charge in [-0.3, -0.25) is 0 Å². The lowest BCUT2D eigenvalue weighted by molar-refractivity contribution is 0.288. The quantitative estimate of drug-likeness (QED) is 0.222. The van der Waals surface area contributed by atoms with Crippen LogP contribution in [-0.2, 0) is 4.57 Å². The van der Waals surface area contributed by atoms with Gasteiger partial charge in [0.25, 0.3) is 0 Å². The van der Waals surface area contributed by atoms with Crippen LogP contribution in [-0.4, -0.2) is 28.0 Å². The Kier molecular flexibility index (Phi) is 16.6. The lowest BCUT2D eigenvalue weighted by Crippen LogP contribution is -2.15. The standard InChI is InChI=1S/C19H42NO3P/c1-3-4-5-6-7-8-9-10-11-12-13-14-15-16-17-18-19-20(2)24(21,22)23/h3-19H2,1-2H3,(H2,21,22,23). The highest BCUT2D eigenvalue weighted by Gasteiger charge is 2.19. The predicted molar refractivity (Wildman–Crippen MR) is 104 cm³/mol. The normalized spacial score (nSPS) is 12.2. The monoisotopic (exact) mass is 363 g/mol. The van der Waals surface area contributed by atoms with E-state index in [9.17, 15) is 4.57 Å². The van der Waals surface area contributed by atoms with Crippen LogP contribution in [0.15, 0.2) is 0 Å². The molecule has 0 aliphatic rings. The van der Waals surface area contributed by atoms with Gasteiger partial charge in [-0.25, -0.2) is 9.24 Å². The molecule has 0 spiro atoms. The summed E-state index contributed by atoms with van der Waals surface area (Å²) in [4.78, 5) is 17.9. The predicted octanol–water partition coefficient (Wildman–Crippen LogP) is 6.27. The fourth-order valence-corrected chi connectivity index (χ4v) is 3.42. The molecule has 0 saturated heterocycles. The molecule has 5 heteroatoms. The van der Waals surface area contributed by atoms with Crippen molar-refractivity contribution in [3.05, 3.63) is 0 Å². The Hall–Kier alpha value is 0.110. The van der Waals surface area contributed by atoms with Crippen molar-refractivity contribution in [2.45, 2.75) is 110 Å². The Bertz CT molecular complexity index is 307. The van der Waals surface area contributed by atoms with Crippen molar-refractivity contribution in [3.8, 4) is 0 Å². The first-order chi connectivity index (χ1) is 11.5. The summed E-state index contributed by atoms with van der Waals surface area (Å²) < 4.78 is 12.1. The molecular formula is C19H42NO3P. The van der Waals surface area contributed by atoms with Crippen LogP contribution in [0.4, 0.5) is 0 Å². The number of hydrogen-bond acceptors (Lipinski definition) is 1. The third-order valence-electron chi connectivity index (χ3n) is 4.78. The van der Waals surface area contributed by atoms with E-state index in [1.54, 1.807) is 0 Å². The van der Waals surface area contributed by atoms with Gasteiger partial charge in [0.2, 0.25) is 0 Å². The molecule has 0 aliphatic heterocycles. The average molecular weight is 364 g/mol. The first kappa shape index (κ1) is 24.1. The zero-order valence-electron chi connectivity index (χ0n) is 16.2. The number of unbranched alkanes of at least 4 members (excludes halogenated alkanes) is 15. The smallest absolute Gasteiger partial charge is 0.312 e. The molecule has 0 heterocycles. The van der Waals surface area contributed by atoms with E-state index in [1.165, 1.54) is 96.9 Å². The molecule has 0 bridgehead atoms. The maximum Gasteiger partial charge on any atom is 0.402 e. The van der Waals surface area contributed by atoms with Crippen LogP contribution in [0.25, 0.3) is 0 Å². The van der Waals surface area contributed by atoms with Crippen molar-refractivity contribution in [3.63, 3.8) is 0 Å². The second-order valence-corrected chi connectivity index (χ2v) is 8.91. The largest absolute Gasteiger partial charge is 0.402 e. The highest BCUT2D eigenvalue weighted by atomic mass is 31.2. The van der Waals surface area contributed by atoms with Gasteiger partial charge in [-0.2, -0.15) is 0 Å². The zero-order chi connectivity index (χ0) is 18.1. The molecule has 0 amide bonds. The molecule has 146 valence electrons. The van der Waals surface area contributed by atoms with E-state index >= 15 is 0 Å². The molecule has 0 aromatic rings. The Morgan fingerprint density at radius 2 is 0.917 bits per heavy atom. The molecular weight excluding hydrogens is 321 g/mol. The maximum atomic E-state index is 10.9. The van der Waals surface area contributed by atoms with E-state index in [4.69, 9.17) is 9.79 Å². The van der Waals surface area contributed by atoms with Crippen LogP contribution < -0.4 is 0 Å². The first-order valence-corrected chi connectivity index (χ1v) is 11.8. The lowest BCUT2D eigenvalue weighted by atomic mass is 10.0. The van der Waals surface area contributed by atoms with Gasteiger partial charge < -0.3 is 9.79 Å². The first-order valence-electron chi connectivity index (χ1n) is 10.3. The molecule has 0 saturated carbocycles. The molecule has 0 radical (unpaired) electrons. The molecule has 0 unspecified atom stereocenters. The average Bonchev–Trinajstić information content (AvgIpc) is 2.53. The van der Waals surface area contributed by atoms with Crippen molar-refractivity contribution in [1.82, 2.24) is 4.67 Å². The van der Waals surface area contributed by atoms with Crippen LogP contribution in [0.3, 0.4) is 0 Å². The van der Waals surface area contributed by atoms with Gasteiger partial charge in [0, 0.05) is 6.54 Å². The summed E-state index contributed by atoms with van der Waals surface area (Å²) >= 11 is 0. The molecule has 4 nitrogen and oxygen atoms in total. The number of hydrogen-bond donors (Lipinski definition) is 2. The molecule has 0 aromatic carbocycles. The van der Waals surface area contributed by atoms with Crippen LogP contribution in [0.2, 0.25) is 0 Å². The van der Waals surface area contributed by atoms with Crippen LogP contribution in [0, 0.1) is 0 Å². The summed E-state index contributed by atoms with van der Waals surface area (Å²) in [5.74, 6) is 0. The van der Waals surface area contributed by atoms with E-state index in [1.807, 2.05) is 0 Å². The summed E-state index contributed by atoms with van der Waals surface area (Å²) in [6, 6.07) is 0. The van der Waals surface area contributed by atoms with E-state index < -0.39 is 7.75 Å². The SMILES string of the molecule is CCCCCCCCCCCCCCCCCCN(C)P(=O)(O)O. The molecule has 0 aliphatic carbocycles. The molecule has 0 fully saturated rings. The van der Waals surface area contributed by atoms with E-state index in [-0.39, 0.29) is 0 Å². The minimum absolute atomic E-state index is 0.489. The highest BCUT2D eigenvalue weighted by molar-refractivity contribution is 7.49. The van der Waals surface area contributed by atoms with Gasteiger partial charge in [-0.15, -0.1) is 0 Å². The van der Waals surface area contributed by atoms with Gasteiger partial charge in [0.1, 0.15) is 0 Å². The third-order valence-corrected chi connectivity index (χ3v) is 5.87. The number of rotatable bonds is 18. The third kappa shape index (κ3) is 17.0. The topological polar surface area (TPSA) is 60.8 Å². The molecule has 0 aromatic heterocycles. The van der Waals surface area contributed by atoms with Crippen molar-refractivity contribution >= 4 is 7.75 Å². The Morgan fingerprint density at radius 3 is 1.21 bits per heavy atom. The van der Waals surface area contributed by atoms with Gasteiger partial charge in [0.05, 0.1) is 0 Å². The van der Waals surface area contributed by atoms with Crippen LogP contribution >= 0.6 is 7.75 Å². The number of nitrogens with zero attached hydrogens (tertiary/aromatic N) is 1. The minimum Gasteiger partial charge on any atom is -0.312 e. The minimum atomic E-state index is -4.01. The summed E-state index contributed by atoms with van der Waals surface area (Å²) in [7, 11) is -2.52. The summed E-state index contributed by atoms with van der Waals surface area (Å²) in [6.07, 6.45) is 21.1. The van der Waals surface area contributed by atoms with E-state index in [0.717, 1.165) is 17.5 Å². The second kappa shape index (κ2) is 16.6. The van der Waals surface area contributed by atoms with Crippen molar-refractivity contribution in [2.24, 2.45) is 0 Å². The van der Waals surface area contributed by atoms with Crippen molar-refractivity contribution < 1.29 is 14.4 Å². The van der Waals surface area contributed by atoms with Gasteiger partial charge >= 0.3 is 7.75 Å². The summed E-state index contributed by atoms with van der Waals surface area (Å²) in [5, 5.41) is 0. The zero-order valence-corrected chi connectivity index (χ0v) is 17.1. The lowest BCUT2D eigenvalue weighted by Gasteiger charge is -2.17. The van der Waals surface area contributed by atoms with Gasteiger partial charge in [0.15, 0.2) is 0 Å². The Morgan fingerprint density at radius 1 is 0.625 bits per heavy atom. The van der Waals surface area contributed by atoms with Crippen LogP contribution in [0.1, 0.15) is 110 Å². The fourth-order valence-electron chi connectivity index (χ4n) is 3.02. The molecule has 0 rings (SSSR count). The van der Waals surface area contributed by atoms with Gasteiger partial charge in [-0.1, -0.05) is 103 Å². The van der Waals surface area contributed by atoms with E-state index in [2.05, 4.69) is 6.92 Å². The molecule has 24 heavy (non-hydrogen) atoms.